The summed E-state index contributed by atoms with van der Waals surface area (Å²) in [5.41, 5.74) is -0.528. The summed E-state index contributed by atoms with van der Waals surface area (Å²) in [6, 6.07) is -0.195. The summed E-state index contributed by atoms with van der Waals surface area (Å²) in [4.78, 5) is 23.0. The molecule has 0 aromatic rings. The Morgan fingerprint density at radius 2 is 1.78 bits per heavy atom. The molecule has 106 valence electrons. The number of amides is 2. The van der Waals surface area contributed by atoms with Crippen LogP contribution >= 0.6 is 0 Å². The van der Waals surface area contributed by atoms with E-state index in [0.717, 1.165) is 6.42 Å². The minimum Gasteiger partial charge on any atom is -0.444 e. The Balaban J connectivity index is 4.39. The largest absolute Gasteiger partial charge is 0.444 e. The Morgan fingerprint density at radius 1 is 1.22 bits per heavy atom. The van der Waals surface area contributed by atoms with Gasteiger partial charge in [0, 0.05) is 19.5 Å². The normalized spacial score (nSPS) is 13.1. The maximum atomic E-state index is 11.7. The minimum absolute atomic E-state index is 0.0864. The van der Waals surface area contributed by atoms with E-state index in [0.29, 0.717) is 5.92 Å². The first-order valence-electron chi connectivity index (χ1n) is 6.34. The van der Waals surface area contributed by atoms with Crippen molar-refractivity contribution in [3.63, 3.8) is 0 Å². The molecule has 0 aromatic heterocycles. The highest BCUT2D eigenvalue weighted by molar-refractivity contribution is 5.77. The number of hydrogen-bond donors (Lipinski definition) is 2. The molecule has 2 N–H and O–H groups in total. The Hall–Kier alpha value is -1.26. The van der Waals surface area contributed by atoms with Crippen molar-refractivity contribution >= 4 is 12.0 Å². The molecular weight excluding hydrogens is 232 g/mol. The van der Waals surface area contributed by atoms with Gasteiger partial charge in [0.2, 0.25) is 5.91 Å². The SMILES string of the molecule is CNC(=O)C[C@H](CC(C)C)NC(=O)OC(C)(C)C. The van der Waals surface area contributed by atoms with E-state index < -0.39 is 11.7 Å². The second-order valence-corrected chi connectivity index (χ2v) is 5.85. The van der Waals surface area contributed by atoms with Crippen molar-refractivity contribution < 1.29 is 14.3 Å². The lowest BCUT2D eigenvalue weighted by Crippen LogP contribution is -2.42. The lowest BCUT2D eigenvalue weighted by molar-refractivity contribution is -0.121. The van der Waals surface area contributed by atoms with E-state index in [9.17, 15) is 9.59 Å². The van der Waals surface area contributed by atoms with Crippen LogP contribution in [0.2, 0.25) is 0 Å². The average Bonchev–Trinajstić information content (AvgIpc) is 2.12. The zero-order chi connectivity index (χ0) is 14.3. The first-order chi connectivity index (χ1) is 8.14. The zero-order valence-electron chi connectivity index (χ0n) is 12.3. The molecule has 0 aliphatic heterocycles. The topological polar surface area (TPSA) is 67.4 Å². The van der Waals surface area contributed by atoms with Gasteiger partial charge in [0.25, 0.3) is 0 Å². The monoisotopic (exact) mass is 258 g/mol. The summed E-state index contributed by atoms with van der Waals surface area (Å²) in [7, 11) is 1.59. The van der Waals surface area contributed by atoms with E-state index in [1.54, 1.807) is 7.05 Å². The van der Waals surface area contributed by atoms with Crippen molar-refractivity contribution in [1.29, 1.82) is 0 Å². The third-order valence-corrected chi connectivity index (χ3v) is 2.19. The molecule has 0 rings (SSSR count). The third-order valence-electron chi connectivity index (χ3n) is 2.19. The summed E-state index contributed by atoms with van der Waals surface area (Å²) >= 11 is 0. The summed E-state index contributed by atoms with van der Waals surface area (Å²) in [6.07, 6.45) is 0.540. The van der Waals surface area contributed by atoms with Gasteiger partial charge in [-0.1, -0.05) is 13.8 Å². The lowest BCUT2D eigenvalue weighted by atomic mass is 10.0. The van der Waals surface area contributed by atoms with Gasteiger partial charge in [-0.2, -0.15) is 0 Å². The van der Waals surface area contributed by atoms with Gasteiger partial charge in [0.05, 0.1) is 0 Å². The van der Waals surface area contributed by atoms with Crippen molar-refractivity contribution in [3.8, 4) is 0 Å². The van der Waals surface area contributed by atoms with Gasteiger partial charge in [0.1, 0.15) is 5.60 Å². The van der Waals surface area contributed by atoms with E-state index >= 15 is 0 Å². The van der Waals surface area contributed by atoms with Crippen LogP contribution in [0, 0.1) is 5.92 Å². The van der Waals surface area contributed by atoms with Crippen LogP contribution in [0.4, 0.5) is 4.79 Å². The molecule has 5 nitrogen and oxygen atoms in total. The minimum atomic E-state index is -0.528. The molecule has 2 amide bonds. The fraction of sp³-hybridized carbons (Fsp3) is 0.846. The fourth-order valence-electron chi connectivity index (χ4n) is 1.56. The maximum absolute atomic E-state index is 11.7. The van der Waals surface area contributed by atoms with Crippen LogP contribution in [0.5, 0.6) is 0 Å². The molecule has 0 unspecified atom stereocenters. The van der Waals surface area contributed by atoms with E-state index in [1.165, 1.54) is 0 Å². The molecule has 0 fully saturated rings. The molecule has 0 radical (unpaired) electrons. The van der Waals surface area contributed by atoms with Crippen molar-refractivity contribution in [3.05, 3.63) is 0 Å². The lowest BCUT2D eigenvalue weighted by Gasteiger charge is -2.24. The average molecular weight is 258 g/mol. The van der Waals surface area contributed by atoms with Crippen molar-refractivity contribution in [2.24, 2.45) is 5.92 Å². The predicted molar refractivity (Wildman–Crippen MR) is 71.3 cm³/mol. The Kier molecular flexibility index (Phi) is 6.73. The van der Waals surface area contributed by atoms with E-state index in [1.807, 2.05) is 34.6 Å². The molecule has 0 aliphatic carbocycles. The molecular formula is C13H26N2O3. The van der Waals surface area contributed by atoms with Gasteiger partial charge in [-0.05, 0) is 33.1 Å². The summed E-state index contributed by atoms with van der Waals surface area (Å²) in [5, 5.41) is 5.31. The van der Waals surface area contributed by atoms with Crippen molar-refractivity contribution in [2.45, 2.75) is 59.1 Å². The number of alkyl carbamates (subject to hydrolysis) is 1. The highest BCUT2D eigenvalue weighted by atomic mass is 16.6. The molecule has 1 atom stereocenters. The molecule has 0 spiro atoms. The number of ether oxygens (including phenoxy) is 1. The van der Waals surface area contributed by atoms with E-state index in [2.05, 4.69) is 10.6 Å². The van der Waals surface area contributed by atoms with Crippen LogP contribution in [0.15, 0.2) is 0 Å². The van der Waals surface area contributed by atoms with E-state index in [4.69, 9.17) is 4.74 Å². The summed E-state index contributed by atoms with van der Waals surface area (Å²) < 4.78 is 5.18. The molecule has 0 saturated carbocycles. The second kappa shape index (κ2) is 7.24. The van der Waals surface area contributed by atoms with Gasteiger partial charge < -0.3 is 15.4 Å². The molecule has 0 heterocycles. The van der Waals surface area contributed by atoms with Gasteiger partial charge in [-0.25, -0.2) is 4.79 Å². The highest BCUT2D eigenvalue weighted by Gasteiger charge is 2.21. The van der Waals surface area contributed by atoms with Crippen molar-refractivity contribution in [1.82, 2.24) is 10.6 Å². The van der Waals surface area contributed by atoms with Gasteiger partial charge in [-0.15, -0.1) is 0 Å². The number of carbonyl (C=O) groups is 2. The first kappa shape index (κ1) is 16.7. The van der Waals surface area contributed by atoms with Crippen LogP contribution in [0.1, 0.15) is 47.5 Å². The molecule has 0 aromatic carbocycles. The highest BCUT2D eigenvalue weighted by Crippen LogP contribution is 2.11. The zero-order valence-corrected chi connectivity index (χ0v) is 12.3. The quantitative estimate of drug-likeness (QED) is 0.793. The van der Waals surface area contributed by atoms with Crippen LogP contribution < -0.4 is 10.6 Å². The molecule has 0 bridgehead atoms. The molecule has 18 heavy (non-hydrogen) atoms. The smallest absolute Gasteiger partial charge is 0.407 e. The Bertz CT molecular complexity index is 282. The van der Waals surface area contributed by atoms with Gasteiger partial charge in [-0.3, -0.25) is 4.79 Å². The van der Waals surface area contributed by atoms with Gasteiger partial charge in [0.15, 0.2) is 0 Å². The maximum Gasteiger partial charge on any atom is 0.407 e. The number of rotatable bonds is 5. The Labute approximate surface area is 110 Å². The molecule has 0 saturated heterocycles. The molecule has 5 heteroatoms. The van der Waals surface area contributed by atoms with Crippen LogP contribution in [-0.2, 0) is 9.53 Å². The predicted octanol–water partition coefficient (Wildman–Crippen LogP) is 2.06. The summed E-state index contributed by atoms with van der Waals surface area (Å²) in [6.45, 7) is 9.52. The second-order valence-electron chi connectivity index (χ2n) is 5.85. The fourth-order valence-corrected chi connectivity index (χ4v) is 1.56. The first-order valence-corrected chi connectivity index (χ1v) is 6.34. The van der Waals surface area contributed by atoms with Gasteiger partial charge >= 0.3 is 6.09 Å². The Morgan fingerprint density at radius 3 is 2.17 bits per heavy atom. The third kappa shape index (κ3) is 8.84. The molecule has 0 aliphatic rings. The van der Waals surface area contributed by atoms with Crippen LogP contribution in [0.3, 0.4) is 0 Å². The van der Waals surface area contributed by atoms with Crippen molar-refractivity contribution in [2.75, 3.05) is 7.05 Å². The van der Waals surface area contributed by atoms with Crippen LogP contribution in [0.25, 0.3) is 0 Å². The number of nitrogens with one attached hydrogen (secondary N) is 2. The number of carbonyl (C=O) groups excluding carboxylic acids is 2. The standard InChI is InChI=1S/C13H26N2O3/c1-9(2)7-10(8-11(16)14-6)15-12(17)18-13(3,4)5/h9-10H,7-8H2,1-6H3,(H,14,16)(H,15,17)/t10-/m0/s1. The number of hydrogen-bond acceptors (Lipinski definition) is 3. The summed E-state index contributed by atoms with van der Waals surface area (Å²) in [5.74, 6) is 0.311. The van der Waals surface area contributed by atoms with E-state index in [-0.39, 0.29) is 18.4 Å². The van der Waals surface area contributed by atoms with Crippen LogP contribution in [-0.4, -0.2) is 30.7 Å².